The molecule has 0 spiro atoms. The average molecular weight is 1690 g/mol. The topological polar surface area (TPSA) is 530 Å². The molecule has 0 aromatic carbocycles. The van der Waals surface area contributed by atoms with Crippen molar-refractivity contribution >= 4 is 89.9 Å². The van der Waals surface area contributed by atoms with Crippen molar-refractivity contribution in [1.29, 1.82) is 0 Å². The van der Waals surface area contributed by atoms with Crippen molar-refractivity contribution in [3.05, 3.63) is 0 Å². The molecule has 0 aliphatic heterocycles. The molecule has 0 saturated heterocycles. The quantitative estimate of drug-likeness (QED) is 0.0152. The molecule has 38 nitrogen and oxygen atoms in total. The van der Waals surface area contributed by atoms with Crippen LogP contribution in [-0.4, -0.2) is 185 Å². The van der Waals surface area contributed by atoms with Crippen LogP contribution in [0.4, 0.5) is 24.0 Å². The number of ether oxygens (including phenoxy) is 11. The average Bonchev–Trinajstić information content (AvgIpc) is 1.64. The summed E-state index contributed by atoms with van der Waals surface area (Å²) >= 11 is 0. The van der Waals surface area contributed by atoms with Crippen LogP contribution in [-0.2, 0) is 121 Å². The van der Waals surface area contributed by atoms with E-state index in [1.54, 1.807) is 187 Å². The van der Waals surface area contributed by atoms with E-state index < -0.39 is 166 Å². The first-order valence-corrected chi connectivity index (χ1v) is 44.9. The zero-order valence-corrected chi connectivity index (χ0v) is 74.3. The smallest absolute Gasteiger partial charge is 0.438 e. The van der Waals surface area contributed by atoms with Crippen LogP contribution in [0.1, 0.15) is 241 Å². The molecule has 106 heavy (non-hydrogen) atoms. The Morgan fingerprint density at radius 1 is 0.368 bits per heavy atom. The van der Waals surface area contributed by atoms with Crippen LogP contribution in [0, 0.1) is 5.41 Å². The van der Waals surface area contributed by atoms with Gasteiger partial charge in [0.1, 0.15) is 0 Å². The summed E-state index contributed by atoms with van der Waals surface area (Å²) in [6, 6.07) is 0. The van der Waals surface area contributed by atoms with Gasteiger partial charge in [0.05, 0.1) is 81.7 Å². The molecular weight excluding hydrogens is 1560 g/mol. The molecule has 0 bridgehead atoms. The van der Waals surface area contributed by atoms with Gasteiger partial charge in [0.25, 0.3) is 0 Å². The number of carbonyl (C=O) groups excluding carboxylic acids is 6. The minimum absolute atomic E-state index is 0.173. The van der Waals surface area contributed by atoms with Gasteiger partial charge in [0.15, 0.2) is 0 Å². The van der Waals surface area contributed by atoms with E-state index in [9.17, 15) is 90.1 Å². The van der Waals surface area contributed by atoms with E-state index in [4.69, 9.17) is 51.4 Å². The summed E-state index contributed by atoms with van der Waals surface area (Å²) in [5.41, 5.74) is -3.11. The first-order chi connectivity index (χ1) is 47.0. The van der Waals surface area contributed by atoms with Crippen molar-refractivity contribution in [2.24, 2.45) is 5.41 Å². The highest BCUT2D eigenvalue weighted by Gasteiger charge is 2.54. The van der Waals surface area contributed by atoms with Gasteiger partial charge in [0.2, 0.25) is 37.7 Å². The van der Waals surface area contributed by atoms with E-state index in [-0.39, 0.29) is 36.7 Å². The summed E-state index contributed by atoms with van der Waals surface area (Å²) in [5, 5.41) is -1.86. The van der Waals surface area contributed by atoms with Crippen LogP contribution in [0.2, 0.25) is 0 Å². The fraction of sp³-hybridized carbons (Fsp3) is 0.902. The van der Waals surface area contributed by atoms with Crippen LogP contribution in [0.25, 0.3) is 0 Å². The lowest BCUT2D eigenvalue weighted by atomic mass is 9.98. The maximum absolute atomic E-state index is 11.8. The van der Waals surface area contributed by atoms with Gasteiger partial charge < -0.3 is 90.9 Å². The molecule has 636 valence electrons. The van der Waals surface area contributed by atoms with Crippen molar-refractivity contribution in [2.75, 3.05) is 26.8 Å². The lowest BCUT2D eigenvalue weighted by Gasteiger charge is -2.28. The van der Waals surface area contributed by atoms with Crippen molar-refractivity contribution < 1.29 is 179 Å². The molecule has 0 aromatic rings. The largest absolute Gasteiger partial charge is 0.511 e. The van der Waals surface area contributed by atoms with E-state index in [1.807, 2.05) is 0 Å². The zero-order chi connectivity index (χ0) is 85.8. The fourth-order valence-electron chi connectivity index (χ4n) is 4.68. The molecule has 1 saturated carbocycles. The number of rotatable bonds is 30. The van der Waals surface area contributed by atoms with Crippen LogP contribution in [0.15, 0.2) is 0 Å². The first-order valence-electron chi connectivity index (χ1n) is 33.5. The van der Waals surface area contributed by atoms with E-state index in [2.05, 4.69) is 37.3 Å². The van der Waals surface area contributed by atoms with Crippen LogP contribution in [0.5, 0.6) is 0 Å². The lowest BCUT2D eigenvalue weighted by Crippen LogP contribution is -2.32. The minimum Gasteiger partial charge on any atom is -0.438 e. The Hall–Kier alpha value is -3.13. The molecule has 45 heteroatoms. The Labute approximate surface area is 626 Å². The molecule has 1 rings (SSSR count). The summed E-state index contributed by atoms with van der Waals surface area (Å²) in [5.74, 6) is -3.24. The van der Waals surface area contributed by atoms with Gasteiger partial charge in [-0.05, 0) is 145 Å². The summed E-state index contributed by atoms with van der Waals surface area (Å²) in [4.78, 5) is 132. The maximum Gasteiger partial charge on any atom is 0.511 e. The standard InChI is InChI=1S/C10H19O6P.2C10H21O6P.C9H19O6P.C9H19O5P.C8H17O6P.C5H13O3P/c1-7(2)14-9(11)15-10(5-6-10)16-17(12,13)8(3)4;1-7(2)14-9(11)15-8(3)16-17(12,13)10(4,5)6;1-7(2)14-9(11)15-10(5,6)16-17(12,13)8(3)4;1-7(2)15-8(10)13-6-14-16(11,12)9(3,4)5;1-7(2)15(11,12)14-6-13-8(10)9(3,4)5;1-5-12-8(9)13-7(4)14-15(10,11)6(2)3;1-4-8-9(6,7)5(2)3/h7-8H,5-6H2,1-4H3,(H,12,13);2*7-8H,1-6H3,(H,12,13);7H,6H2,1-5H3,(H,11,12);7H,6H2,1-5H3,(H,11,12);6-7H,5H2,1-4H3,(H,10,11);5H,4H2,1-3H3,(H,6,7). The lowest BCUT2D eigenvalue weighted by molar-refractivity contribution is -0.160. The van der Waals surface area contributed by atoms with Gasteiger partial charge in [-0.15, -0.1) is 0 Å². The molecule has 9 unspecified atom stereocenters. The Balaban J connectivity index is -0.000000277. The molecule has 1 aliphatic rings. The van der Waals surface area contributed by atoms with Gasteiger partial charge in [0, 0.05) is 26.7 Å². The molecule has 1 aliphatic carbocycles. The third-order valence-corrected chi connectivity index (χ3v) is 25.3. The van der Waals surface area contributed by atoms with Gasteiger partial charge in [-0.1, -0.05) is 69.2 Å². The van der Waals surface area contributed by atoms with Gasteiger partial charge in [-0.3, -0.25) is 63.9 Å². The Bertz CT molecular complexity index is 2890. The summed E-state index contributed by atoms with van der Waals surface area (Å²) in [6.45, 7) is 51.7. The van der Waals surface area contributed by atoms with E-state index in [0.717, 1.165) is 0 Å². The van der Waals surface area contributed by atoms with E-state index in [0.29, 0.717) is 19.4 Å². The molecule has 0 radical (unpaired) electrons. The predicted octanol–water partition coefficient (Wildman–Crippen LogP) is 16.8. The summed E-state index contributed by atoms with van der Waals surface area (Å²) in [6.07, 6.45) is -7.27. The Kier molecular flexibility index (Phi) is 53.7. The monoisotopic (exact) mass is 1690 g/mol. The highest BCUT2D eigenvalue weighted by atomic mass is 31.2. The second-order valence-electron chi connectivity index (χ2n) is 28.5. The summed E-state index contributed by atoms with van der Waals surface area (Å²) in [7, 11) is -25.9. The molecule has 0 amide bonds. The van der Waals surface area contributed by atoms with Crippen LogP contribution in [0.3, 0.4) is 0 Å². The van der Waals surface area contributed by atoms with E-state index in [1.165, 1.54) is 41.5 Å². The predicted molar refractivity (Wildman–Crippen MR) is 391 cm³/mol. The van der Waals surface area contributed by atoms with Crippen LogP contribution >= 0.6 is 53.2 Å². The minimum atomic E-state index is -3.86. The van der Waals surface area contributed by atoms with Crippen molar-refractivity contribution in [3.8, 4) is 0 Å². The highest BCUT2D eigenvalue weighted by Crippen LogP contribution is 2.59. The van der Waals surface area contributed by atoms with Crippen molar-refractivity contribution in [1.82, 2.24) is 0 Å². The van der Waals surface area contributed by atoms with Gasteiger partial charge in [-0.2, -0.15) is 0 Å². The SMILES string of the molecule is CC(C)OC(=O)OC(C)(C)OP(=O)(O)C(C)C.CC(C)OC(=O)OC(C)OP(=O)(O)C(C)(C)C.CC(C)OC(=O)OC1(OP(=O)(O)C(C)C)CC1.CC(C)OC(=O)OCOP(=O)(O)C(C)(C)C.CC(C)P(=O)(O)OCOC(=O)C(C)(C)C.CCOC(=O)OC(C)OP(=O)(O)C(C)C.CCOP(=O)(O)C(C)C. The maximum atomic E-state index is 11.8. The third-order valence-electron chi connectivity index (χ3n) is 11.3. The van der Waals surface area contributed by atoms with Crippen LogP contribution < -0.4 is 0 Å². The zero-order valence-electron chi connectivity index (χ0n) is 68.0. The normalized spacial score (nSPS) is 17.3. The highest BCUT2D eigenvalue weighted by molar-refractivity contribution is 7.55. The second kappa shape index (κ2) is 50.1. The Morgan fingerprint density at radius 3 is 1.05 bits per heavy atom. The summed E-state index contributed by atoms with van der Waals surface area (Å²) < 4.78 is 165. The number of esters is 1. The van der Waals surface area contributed by atoms with Crippen molar-refractivity contribution in [2.45, 2.75) is 329 Å². The molecule has 0 heterocycles. The number of hydrogen-bond donors (Lipinski definition) is 7. The second-order valence-corrected chi connectivity index (χ2v) is 45.7. The third kappa shape index (κ3) is 57.0. The number of carbonyl (C=O) groups is 6. The van der Waals surface area contributed by atoms with Gasteiger partial charge >= 0.3 is 89.9 Å². The molecule has 7 N–H and O–H groups in total. The molecule has 9 atom stereocenters. The van der Waals surface area contributed by atoms with Crippen molar-refractivity contribution in [3.63, 3.8) is 0 Å². The first kappa shape index (κ1) is 114. The molecular formula is C61H129O38P7. The number of hydrogen-bond acceptors (Lipinski definition) is 31. The molecule has 0 aromatic heterocycles. The van der Waals surface area contributed by atoms with E-state index >= 15 is 0 Å². The fourth-order valence-corrected chi connectivity index (χ4v) is 9.70. The Morgan fingerprint density at radius 2 is 0.708 bits per heavy atom. The molecule has 1 fully saturated rings. The van der Waals surface area contributed by atoms with Gasteiger partial charge in [-0.25, -0.2) is 24.0 Å².